The van der Waals surface area contributed by atoms with Crippen molar-refractivity contribution in [2.75, 3.05) is 6.29 Å². The first-order valence-corrected chi connectivity index (χ1v) is 7.93. The lowest BCUT2D eigenvalue weighted by Crippen LogP contribution is -2.44. The molecule has 0 heterocycles. The number of carboxylic acid groups (broad SMARTS) is 1. The normalized spacial score (nSPS) is 13.2. The number of nitrogens with zero attached hydrogens (tertiary/aromatic N) is 1. The molecule has 2 unspecified atom stereocenters. The van der Waals surface area contributed by atoms with Crippen LogP contribution in [0.15, 0.2) is 30.3 Å². The molecule has 0 aliphatic carbocycles. The van der Waals surface area contributed by atoms with E-state index < -0.39 is 32.4 Å². The van der Waals surface area contributed by atoms with E-state index >= 15 is 0 Å². The minimum Gasteiger partial charge on any atom is -0.480 e. The van der Waals surface area contributed by atoms with E-state index in [0.717, 1.165) is 10.5 Å². The third-order valence-corrected chi connectivity index (χ3v) is 3.40. The average Bonchev–Trinajstić information content (AvgIpc) is 2.45. The van der Waals surface area contributed by atoms with Crippen LogP contribution in [0, 0.1) is 0 Å². The third-order valence-electron chi connectivity index (χ3n) is 2.79. The summed E-state index contributed by atoms with van der Waals surface area (Å²) in [6.45, 7) is 1.55. The second-order valence-electron chi connectivity index (χ2n) is 4.32. The van der Waals surface area contributed by atoms with E-state index in [-0.39, 0.29) is 13.0 Å². The lowest BCUT2D eigenvalue weighted by molar-refractivity contribution is -0.142. The summed E-state index contributed by atoms with van der Waals surface area (Å²) in [4.78, 5) is 32.8. The molecule has 8 heteroatoms. The summed E-state index contributed by atoms with van der Waals surface area (Å²) in [6.07, 6.45) is -1.34. The maximum atomic E-state index is 12.0. The van der Waals surface area contributed by atoms with E-state index in [1.54, 1.807) is 31.2 Å². The van der Waals surface area contributed by atoms with Gasteiger partial charge < -0.3 is 14.7 Å². The first-order valence-electron chi connectivity index (χ1n) is 6.37. The number of amides is 1. The predicted molar refractivity (Wildman–Crippen MR) is 76.3 cm³/mol. The Morgan fingerprint density at radius 2 is 1.95 bits per heavy atom. The molecule has 1 aromatic rings. The van der Waals surface area contributed by atoms with Gasteiger partial charge in [0.05, 0.1) is 6.29 Å². The number of hydrogen-bond donors (Lipinski definition) is 2. The summed E-state index contributed by atoms with van der Waals surface area (Å²) in [5.74, 6) is -1.24. The lowest BCUT2D eigenvalue weighted by Gasteiger charge is -2.26. The molecule has 0 aliphatic heterocycles. The number of rotatable bonds is 7. The molecule has 0 saturated carbocycles. The van der Waals surface area contributed by atoms with E-state index in [4.69, 9.17) is 14.7 Å². The SMILES string of the molecule is CCC(C(=O)O)N(C[PH](=O)O)C(=O)OCc1ccccc1. The van der Waals surface area contributed by atoms with E-state index in [1.807, 2.05) is 6.07 Å². The van der Waals surface area contributed by atoms with Gasteiger partial charge in [-0.25, -0.2) is 9.59 Å². The van der Waals surface area contributed by atoms with Gasteiger partial charge in [0.15, 0.2) is 0 Å². The third kappa shape index (κ3) is 5.57. The van der Waals surface area contributed by atoms with E-state index in [0.29, 0.717) is 0 Å². The molecular weight excluding hydrogens is 297 g/mol. The Bertz CT molecular complexity index is 507. The molecule has 0 saturated heterocycles. The van der Waals surface area contributed by atoms with Crippen LogP contribution in [0.3, 0.4) is 0 Å². The van der Waals surface area contributed by atoms with Gasteiger partial charge in [-0.1, -0.05) is 37.3 Å². The van der Waals surface area contributed by atoms with Crippen molar-refractivity contribution in [3.8, 4) is 0 Å². The molecule has 1 rings (SSSR count). The zero-order valence-corrected chi connectivity index (χ0v) is 12.6. The number of carbonyl (C=O) groups excluding carboxylic acids is 1. The van der Waals surface area contributed by atoms with Crippen molar-refractivity contribution < 1.29 is 28.9 Å². The van der Waals surface area contributed by atoms with Crippen LogP contribution in [-0.4, -0.2) is 39.3 Å². The summed E-state index contributed by atoms with van der Waals surface area (Å²) in [5, 5.41) is 9.07. The van der Waals surface area contributed by atoms with Crippen LogP contribution < -0.4 is 0 Å². The van der Waals surface area contributed by atoms with Gasteiger partial charge in [-0.3, -0.25) is 9.46 Å². The largest absolute Gasteiger partial charge is 0.480 e. The summed E-state index contributed by atoms with van der Waals surface area (Å²) in [6, 6.07) is 7.68. The second kappa shape index (κ2) is 8.44. The van der Waals surface area contributed by atoms with Crippen LogP contribution in [0.2, 0.25) is 0 Å². The van der Waals surface area contributed by atoms with E-state index in [2.05, 4.69) is 0 Å². The number of hydrogen-bond acceptors (Lipinski definition) is 4. The van der Waals surface area contributed by atoms with Crippen LogP contribution in [-0.2, 0) is 20.7 Å². The Labute approximate surface area is 123 Å². The van der Waals surface area contributed by atoms with Gasteiger partial charge in [0.25, 0.3) is 0 Å². The minimum absolute atomic E-state index is 0.0292. The van der Waals surface area contributed by atoms with Gasteiger partial charge >= 0.3 is 12.1 Å². The molecule has 2 N–H and O–H groups in total. The highest BCUT2D eigenvalue weighted by molar-refractivity contribution is 7.37. The molecule has 0 spiro atoms. The summed E-state index contributed by atoms with van der Waals surface area (Å²) in [7, 11) is -3.04. The first-order chi connectivity index (χ1) is 9.95. The fourth-order valence-corrected chi connectivity index (χ4v) is 2.42. The molecule has 7 nitrogen and oxygen atoms in total. The number of benzene rings is 1. The molecule has 0 aliphatic rings. The van der Waals surface area contributed by atoms with Crippen molar-refractivity contribution in [3.05, 3.63) is 35.9 Å². The zero-order valence-electron chi connectivity index (χ0n) is 11.6. The van der Waals surface area contributed by atoms with Crippen molar-refractivity contribution >= 4 is 20.1 Å². The van der Waals surface area contributed by atoms with Gasteiger partial charge in [0.1, 0.15) is 12.6 Å². The molecule has 1 amide bonds. The average molecular weight is 315 g/mol. The van der Waals surface area contributed by atoms with Gasteiger partial charge in [-0.15, -0.1) is 0 Å². The Kier molecular flexibility index (Phi) is 6.91. The van der Waals surface area contributed by atoms with Gasteiger partial charge in [0.2, 0.25) is 8.03 Å². The summed E-state index contributed by atoms with van der Waals surface area (Å²) < 4.78 is 16.0. The van der Waals surface area contributed by atoms with Crippen LogP contribution in [0.25, 0.3) is 0 Å². The molecule has 1 aromatic carbocycles. The minimum atomic E-state index is -3.04. The van der Waals surface area contributed by atoms with Crippen molar-refractivity contribution in [2.24, 2.45) is 0 Å². The van der Waals surface area contributed by atoms with E-state index in [9.17, 15) is 14.2 Å². The number of carboxylic acids is 1. The van der Waals surface area contributed by atoms with Gasteiger partial charge in [0, 0.05) is 0 Å². The highest BCUT2D eigenvalue weighted by Gasteiger charge is 2.30. The highest BCUT2D eigenvalue weighted by Crippen LogP contribution is 2.20. The van der Waals surface area contributed by atoms with Crippen LogP contribution in [0.4, 0.5) is 4.79 Å². The molecule has 0 radical (unpaired) electrons. The van der Waals surface area contributed by atoms with Crippen molar-refractivity contribution in [1.29, 1.82) is 0 Å². The first kappa shape index (κ1) is 17.2. The fraction of sp³-hybridized carbons (Fsp3) is 0.385. The predicted octanol–water partition coefficient (Wildman–Crippen LogP) is 1.91. The number of ether oxygens (including phenoxy) is 1. The molecule has 0 fully saturated rings. The zero-order chi connectivity index (χ0) is 15.8. The molecular formula is C13H18NO6P. The van der Waals surface area contributed by atoms with Crippen LogP contribution in [0.5, 0.6) is 0 Å². The maximum Gasteiger partial charge on any atom is 0.411 e. The summed E-state index contributed by atoms with van der Waals surface area (Å²) >= 11 is 0. The maximum absolute atomic E-state index is 12.0. The molecule has 116 valence electrons. The Hall–Kier alpha value is -1.85. The Morgan fingerprint density at radius 1 is 1.33 bits per heavy atom. The topological polar surface area (TPSA) is 104 Å². The molecule has 2 atom stereocenters. The van der Waals surface area contributed by atoms with Crippen LogP contribution >= 0.6 is 8.03 Å². The van der Waals surface area contributed by atoms with Crippen molar-refractivity contribution in [2.45, 2.75) is 26.0 Å². The van der Waals surface area contributed by atoms with Crippen molar-refractivity contribution in [1.82, 2.24) is 4.90 Å². The Morgan fingerprint density at radius 3 is 2.43 bits per heavy atom. The quantitative estimate of drug-likeness (QED) is 0.745. The lowest BCUT2D eigenvalue weighted by atomic mass is 10.2. The monoisotopic (exact) mass is 315 g/mol. The molecule has 21 heavy (non-hydrogen) atoms. The number of carbonyl (C=O) groups is 2. The molecule has 0 aromatic heterocycles. The van der Waals surface area contributed by atoms with Crippen molar-refractivity contribution in [3.63, 3.8) is 0 Å². The highest BCUT2D eigenvalue weighted by atomic mass is 31.1. The van der Waals surface area contributed by atoms with Gasteiger partial charge in [-0.2, -0.15) is 0 Å². The fourth-order valence-electron chi connectivity index (χ4n) is 1.78. The van der Waals surface area contributed by atoms with E-state index in [1.165, 1.54) is 0 Å². The standard InChI is InChI=1S/C13H18NO6P/c1-2-11(12(15)16)14(9-21(18)19)13(17)20-8-10-6-4-3-5-7-10/h3-7,11,21H,2,8-9H2,1H3,(H,15,16)(H,18,19). The van der Waals surface area contributed by atoms with Gasteiger partial charge in [-0.05, 0) is 12.0 Å². The summed E-state index contributed by atoms with van der Waals surface area (Å²) in [5.41, 5.74) is 0.742. The van der Waals surface area contributed by atoms with Crippen LogP contribution in [0.1, 0.15) is 18.9 Å². The smallest absolute Gasteiger partial charge is 0.411 e. The number of aliphatic carboxylic acids is 1. The Balaban J connectivity index is 2.75. The second-order valence-corrected chi connectivity index (χ2v) is 5.43. The molecule has 0 bridgehead atoms.